The number of imide groups is 1. The van der Waals surface area contributed by atoms with Crippen molar-refractivity contribution in [2.45, 2.75) is 76.9 Å². The molecule has 0 spiro atoms. The van der Waals surface area contributed by atoms with Crippen molar-refractivity contribution in [1.82, 2.24) is 31.5 Å². The molecule has 1 aliphatic carbocycles. The smallest absolute Gasteiger partial charge is 0.243 e. The van der Waals surface area contributed by atoms with Crippen LogP contribution in [0.25, 0.3) is 0 Å². The maximum absolute atomic E-state index is 13.0. The molecule has 2 atom stereocenters. The Morgan fingerprint density at radius 3 is 2.14 bits per heavy atom. The van der Waals surface area contributed by atoms with Gasteiger partial charge < -0.3 is 31.3 Å². The molecular formula is C34H48N6O9S. The van der Waals surface area contributed by atoms with Crippen molar-refractivity contribution in [2.24, 2.45) is 11.8 Å². The molecule has 2 aliphatic rings. The number of carbonyl (C=O) groups excluding carboxylic acids is 8. The quantitative estimate of drug-likeness (QED) is 0.0662. The summed E-state index contributed by atoms with van der Waals surface area (Å²) in [5, 5.41) is 12.4. The molecule has 1 heterocycles. The number of unbranched alkanes of at least 4 members (excludes halogenated alkanes) is 2. The topological polar surface area (TPSA) is 209 Å². The number of rotatable bonds is 21. The Balaban J connectivity index is 1.33. The monoisotopic (exact) mass is 716 g/mol. The van der Waals surface area contributed by atoms with Crippen LogP contribution in [0.4, 0.5) is 0 Å². The van der Waals surface area contributed by atoms with Crippen molar-refractivity contribution in [3.8, 4) is 0 Å². The number of nitrogens with zero attached hydrogens (tertiary/aromatic N) is 1. The second kappa shape index (κ2) is 19.8. The highest BCUT2D eigenvalue weighted by Crippen LogP contribution is 2.42. The lowest BCUT2D eigenvalue weighted by molar-refractivity contribution is -0.140. The van der Waals surface area contributed by atoms with E-state index in [2.05, 4.69) is 26.6 Å². The van der Waals surface area contributed by atoms with Crippen molar-refractivity contribution in [1.29, 1.82) is 0 Å². The molecule has 5 N–H and O–H groups in total. The minimum absolute atomic E-state index is 0.100. The van der Waals surface area contributed by atoms with Crippen LogP contribution in [0.5, 0.6) is 0 Å². The second-order valence-electron chi connectivity index (χ2n) is 12.7. The van der Waals surface area contributed by atoms with E-state index in [9.17, 15) is 38.4 Å². The Labute approximate surface area is 296 Å². The fourth-order valence-corrected chi connectivity index (χ4v) is 5.96. The van der Waals surface area contributed by atoms with E-state index in [1.54, 1.807) is 36.6 Å². The Bertz CT molecular complexity index is 1400. The number of thioether (sulfide) groups is 1. The Morgan fingerprint density at radius 1 is 0.860 bits per heavy atom. The first-order chi connectivity index (χ1) is 23.8. The van der Waals surface area contributed by atoms with E-state index in [0.717, 1.165) is 17.3 Å². The summed E-state index contributed by atoms with van der Waals surface area (Å²) in [6, 6.07) is 7.87. The van der Waals surface area contributed by atoms with Gasteiger partial charge in [-0.3, -0.25) is 43.3 Å². The molecule has 0 radical (unpaired) electrons. The summed E-state index contributed by atoms with van der Waals surface area (Å²) < 4.78 is 5.53. The summed E-state index contributed by atoms with van der Waals surface area (Å²) in [5.74, 6) is -3.22. The minimum atomic E-state index is -1.06. The van der Waals surface area contributed by atoms with Gasteiger partial charge in [0.05, 0.1) is 19.6 Å². The highest BCUT2D eigenvalue weighted by atomic mass is 32.2. The summed E-state index contributed by atoms with van der Waals surface area (Å²) in [6.07, 6.45) is 5.09. The average molecular weight is 717 g/mol. The molecule has 1 saturated carbocycles. The highest BCUT2D eigenvalue weighted by Gasteiger charge is 2.51. The third-order valence-electron chi connectivity index (χ3n) is 8.50. The predicted molar refractivity (Wildman–Crippen MR) is 184 cm³/mol. The number of carbonyl (C=O) groups is 8. The summed E-state index contributed by atoms with van der Waals surface area (Å²) >= 11 is 1.07. The van der Waals surface area contributed by atoms with Gasteiger partial charge in [-0.2, -0.15) is 0 Å². The molecular weight excluding hydrogens is 668 g/mol. The summed E-state index contributed by atoms with van der Waals surface area (Å²) in [5.41, 5.74) is -0.106. The van der Waals surface area contributed by atoms with E-state index in [0.29, 0.717) is 38.6 Å². The molecule has 1 saturated heterocycles. The predicted octanol–water partition coefficient (Wildman–Crippen LogP) is 0.167. The summed E-state index contributed by atoms with van der Waals surface area (Å²) in [6.45, 7) is 2.80. The third kappa shape index (κ3) is 12.9. The Hall–Kier alpha value is -4.31. The number of hydrogen-bond donors (Lipinski definition) is 5. The van der Waals surface area contributed by atoms with Gasteiger partial charge in [0.15, 0.2) is 0 Å². The van der Waals surface area contributed by atoms with E-state index in [1.165, 1.54) is 4.90 Å². The highest BCUT2D eigenvalue weighted by molar-refractivity contribution is 8.13. The summed E-state index contributed by atoms with van der Waals surface area (Å²) in [4.78, 5) is 100. The molecule has 15 nitrogen and oxygen atoms in total. The lowest BCUT2D eigenvalue weighted by atomic mass is 9.94. The van der Waals surface area contributed by atoms with E-state index < -0.39 is 41.8 Å². The van der Waals surface area contributed by atoms with Gasteiger partial charge in [-0.1, -0.05) is 62.4 Å². The number of hydrogen-bond acceptors (Lipinski definition) is 10. The molecule has 1 aromatic carbocycles. The SMILES string of the molecule is CSC(=O)C1(OCNC(=O)CNC(=O)[C@H](Cc2ccccc2)NC(=O)CNC(=O)CNC(=O)CCCCCN2C(=O)CC(C(C)C)C2=O)CC1. The molecule has 3 rings (SSSR count). The first-order valence-corrected chi connectivity index (χ1v) is 18.1. The molecule has 1 unspecified atom stereocenters. The average Bonchev–Trinajstić information content (AvgIpc) is 3.83. The maximum atomic E-state index is 13.0. The van der Waals surface area contributed by atoms with Crippen LogP contribution in [0.2, 0.25) is 0 Å². The maximum Gasteiger partial charge on any atom is 0.243 e. The number of ether oxygens (including phenoxy) is 1. The first kappa shape index (κ1) is 40.1. The zero-order chi connectivity index (χ0) is 36.7. The van der Waals surface area contributed by atoms with Crippen molar-refractivity contribution in [2.75, 3.05) is 39.2 Å². The van der Waals surface area contributed by atoms with Gasteiger partial charge in [-0.15, -0.1) is 0 Å². The zero-order valence-corrected chi connectivity index (χ0v) is 29.7. The van der Waals surface area contributed by atoms with Crippen molar-refractivity contribution >= 4 is 58.2 Å². The number of nitrogens with one attached hydrogen (secondary N) is 5. The van der Waals surface area contributed by atoms with Gasteiger partial charge in [0.2, 0.25) is 46.5 Å². The Kier molecular flexibility index (Phi) is 15.9. The van der Waals surface area contributed by atoms with Crippen LogP contribution in [0.1, 0.15) is 64.4 Å². The molecule has 1 aromatic rings. The Morgan fingerprint density at radius 2 is 1.50 bits per heavy atom. The van der Waals surface area contributed by atoms with Crippen molar-refractivity contribution in [3.63, 3.8) is 0 Å². The fourth-order valence-electron chi connectivity index (χ4n) is 5.32. The van der Waals surface area contributed by atoms with Crippen molar-refractivity contribution in [3.05, 3.63) is 35.9 Å². The lowest BCUT2D eigenvalue weighted by Gasteiger charge is -2.19. The molecule has 274 valence electrons. The van der Waals surface area contributed by atoms with Crippen LogP contribution in [-0.4, -0.2) is 102 Å². The van der Waals surface area contributed by atoms with E-state index in [4.69, 9.17) is 4.74 Å². The minimum Gasteiger partial charge on any atom is -0.347 e. The molecule has 50 heavy (non-hydrogen) atoms. The molecule has 2 fully saturated rings. The van der Waals surface area contributed by atoms with Gasteiger partial charge >= 0.3 is 0 Å². The lowest BCUT2D eigenvalue weighted by Crippen LogP contribution is -2.52. The van der Waals surface area contributed by atoms with E-state index >= 15 is 0 Å². The first-order valence-electron chi connectivity index (χ1n) is 16.8. The molecule has 0 bridgehead atoms. The number of amides is 7. The number of likely N-dealkylation sites (tertiary alicyclic amines) is 1. The molecule has 16 heteroatoms. The van der Waals surface area contributed by atoms with Crippen LogP contribution in [0.15, 0.2) is 30.3 Å². The molecule has 1 aliphatic heterocycles. The normalized spacial score (nSPS) is 16.8. The van der Waals surface area contributed by atoms with Crippen LogP contribution < -0.4 is 26.6 Å². The molecule has 7 amide bonds. The third-order valence-corrected chi connectivity index (χ3v) is 9.24. The van der Waals surface area contributed by atoms with Gasteiger partial charge in [0, 0.05) is 31.7 Å². The van der Waals surface area contributed by atoms with E-state index in [-0.39, 0.29) is 73.8 Å². The zero-order valence-electron chi connectivity index (χ0n) is 28.8. The van der Waals surface area contributed by atoms with Gasteiger partial charge in [0.1, 0.15) is 18.4 Å². The van der Waals surface area contributed by atoms with Crippen LogP contribution in [0.3, 0.4) is 0 Å². The fraction of sp³-hybridized carbons (Fsp3) is 0.588. The standard InChI is InChI=1S/C34H48N6O9S/c1-22(2)24-17-30(45)40(32(24)47)15-9-5-8-12-26(41)35-18-27(42)36-20-29(44)39-25(16-23-10-6-4-7-11-23)31(46)37-19-28(43)38-21-49-34(13-14-34)33(48)50-3/h4,6-7,10-11,22,24-25H,5,8-9,12-21H2,1-3H3,(H,35,41)(H,36,42)(H,37,46)(H,38,43)(H,39,44)/t24?,25-/m0/s1. The second-order valence-corrected chi connectivity index (χ2v) is 13.5. The number of benzene rings is 1. The molecule has 0 aromatic heterocycles. The van der Waals surface area contributed by atoms with Crippen molar-refractivity contribution < 1.29 is 43.1 Å². The summed E-state index contributed by atoms with van der Waals surface area (Å²) in [7, 11) is 0. The van der Waals surface area contributed by atoms with Crippen LogP contribution in [-0.2, 0) is 49.5 Å². The van der Waals surface area contributed by atoms with Gasteiger partial charge in [-0.25, -0.2) is 0 Å². The van der Waals surface area contributed by atoms with Crippen LogP contribution in [0, 0.1) is 11.8 Å². The largest absolute Gasteiger partial charge is 0.347 e. The van der Waals surface area contributed by atoms with E-state index in [1.807, 2.05) is 13.8 Å². The van der Waals surface area contributed by atoms with Gasteiger partial charge in [0.25, 0.3) is 0 Å². The van der Waals surface area contributed by atoms with Crippen LogP contribution >= 0.6 is 11.8 Å². The van der Waals surface area contributed by atoms with Gasteiger partial charge in [-0.05, 0) is 43.4 Å².